The van der Waals surface area contributed by atoms with E-state index in [4.69, 9.17) is 0 Å². The Morgan fingerprint density at radius 1 is 1.20 bits per heavy atom. The van der Waals surface area contributed by atoms with Crippen LogP contribution in [0.5, 0.6) is 0 Å². The number of nitrogens with one attached hydrogen (secondary N) is 1. The van der Waals surface area contributed by atoms with Gasteiger partial charge in [-0.05, 0) is 32.6 Å². The molecule has 2 aliphatic rings. The van der Waals surface area contributed by atoms with Crippen molar-refractivity contribution >= 4 is 21.8 Å². The fraction of sp³-hybridized carbons (Fsp3) is 0.846. The zero-order chi connectivity index (χ0) is 15.0. The highest BCUT2D eigenvalue weighted by Crippen LogP contribution is 2.29. The van der Waals surface area contributed by atoms with Crippen LogP contribution in [-0.4, -0.2) is 42.4 Å². The molecule has 1 heterocycles. The van der Waals surface area contributed by atoms with Gasteiger partial charge < -0.3 is 0 Å². The van der Waals surface area contributed by atoms with Gasteiger partial charge in [0, 0.05) is 0 Å². The van der Waals surface area contributed by atoms with Crippen molar-refractivity contribution in [2.75, 3.05) is 12.3 Å². The SMILES string of the molecule is CC1(C)C(=O)NC(=O)CN1S(=O)(=O)CC1CCCCC1. The van der Waals surface area contributed by atoms with Crippen LogP contribution in [0.4, 0.5) is 0 Å². The number of piperazine rings is 1. The van der Waals surface area contributed by atoms with Crippen LogP contribution in [0.25, 0.3) is 0 Å². The van der Waals surface area contributed by atoms with E-state index in [2.05, 4.69) is 5.32 Å². The van der Waals surface area contributed by atoms with E-state index in [1.165, 1.54) is 13.8 Å². The summed E-state index contributed by atoms with van der Waals surface area (Å²) in [6.45, 7) is 2.80. The van der Waals surface area contributed by atoms with Crippen LogP contribution < -0.4 is 5.32 Å². The van der Waals surface area contributed by atoms with Crippen molar-refractivity contribution in [1.82, 2.24) is 9.62 Å². The first-order valence-corrected chi connectivity index (χ1v) is 8.69. The van der Waals surface area contributed by atoms with Crippen LogP contribution in [0, 0.1) is 5.92 Å². The molecule has 0 aromatic carbocycles. The summed E-state index contributed by atoms with van der Waals surface area (Å²) in [5, 5.41) is 2.19. The van der Waals surface area contributed by atoms with Crippen LogP contribution in [-0.2, 0) is 19.6 Å². The molecule has 1 N–H and O–H groups in total. The monoisotopic (exact) mass is 302 g/mol. The lowest BCUT2D eigenvalue weighted by atomic mass is 9.91. The number of rotatable bonds is 3. The highest BCUT2D eigenvalue weighted by atomic mass is 32.2. The molecular formula is C13H22N2O4S. The lowest BCUT2D eigenvalue weighted by molar-refractivity contribution is -0.141. The predicted molar refractivity (Wildman–Crippen MR) is 74.3 cm³/mol. The van der Waals surface area contributed by atoms with E-state index >= 15 is 0 Å². The summed E-state index contributed by atoms with van der Waals surface area (Å²) in [6, 6.07) is 0. The van der Waals surface area contributed by atoms with Gasteiger partial charge in [-0.25, -0.2) is 8.42 Å². The second-order valence-corrected chi connectivity index (χ2v) is 8.16. The lowest BCUT2D eigenvalue weighted by Gasteiger charge is -2.39. The number of hydrogen-bond donors (Lipinski definition) is 1. The Morgan fingerprint density at radius 3 is 2.40 bits per heavy atom. The Hall–Kier alpha value is -0.950. The third kappa shape index (κ3) is 3.03. The van der Waals surface area contributed by atoms with Gasteiger partial charge in [0.1, 0.15) is 5.54 Å². The molecule has 0 bridgehead atoms. The standard InChI is InChI=1S/C13H22N2O4S/c1-13(2)12(17)14-11(16)8-15(13)20(18,19)9-10-6-4-3-5-7-10/h10H,3-9H2,1-2H3,(H,14,16,17). The van der Waals surface area contributed by atoms with E-state index in [0.717, 1.165) is 36.4 Å². The van der Waals surface area contributed by atoms with Crippen LogP contribution in [0.3, 0.4) is 0 Å². The van der Waals surface area contributed by atoms with Crippen LogP contribution >= 0.6 is 0 Å². The first-order valence-electron chi connectivity index (χ1n) is 7.08. The first-order chi connectivity index (χ1) is 9.23. The van der Waals surface area contributed by atoms with Gasteiger partial charge in [-0.15, -0.1) is 0 Å². The number of sulfonamides is 1. The van der Waals surface area contributed by atoms with Crippen LogP contribution in [0.2, 0.25) is 0 Å². The molecule has 1 saturated carbocycles. The maximum atomic E-state index is 12.6. The molecule has 0 radical (unpaired) electrons. The second-order valence-electron chi connectivity index (χ2n) is 6.23. The molecule has 0 aromatic heterocycles. The zero-order valence-electron chi connectivity index (χ0n) is 12.0. The normalized spacial score (nSPS) is 25.5. The lowest BCUT2D eigenvalue weighted by Crippen LogP contribution is -2.65. The summed E-state index contributed by atoms with van der Waals surface area (Å²) in [5.41, 5.74) is -1.21. The van der Waals surface area contributed by atoms with Gasteiger partial charge in [0.2, 0.25) is 21.8 Å². The highest BCUT2D eigenvalue weighted by molar-refractivity contribution is 7.89. The summed E-state index contributed by atoms with van der Waals surface area (Å²) in [5.74, 6) is -0.927. The molecule has 1 saturated heterocycles. The Balaban J connectivity index is 2.18. The molecule has 1 aliphatic heterocycles. The van der Waals surface area contributed by atoms with Gasteiger partial charge in [-0.2, -0.15) is 4.31 Å². The zero-order valence-corrected chi connectivity index (χ0v) is 12.8. The maximum absolute atomic E-state index is 12.6. The van der Waals surface area contributed by atoms with E-state index in [1.54, 1.807) is 0 Å². The topological polar surface area (TPSA) is 83.6 Å². The minimum atomic E-state index is -3.60. The van der Waals surface area contributed by atoms with Crippen molar-refractivity contribution in [3.05, 3.63) is 0 Å². The minimum absolute atomic E-state index is 0.0387. The molecule has 1 aliphatic carbocycles. The Bertz CT molecular complexity index is 506. The summed E-state index contributed by atoms with van der Waals surface area (Å²) >= 11 is 0. The molecule has 0 atom stereocenters. The van der Waals surface area contributed by atoms with Gasteiger partial charge >= 0.3 is 0 Å². The molecule has 7 heteroatoms. The van der Waals surface area contributed by atoms with Gasteiger partial charge in [0.05, 0.1) is 12.3 Å². The molecule has 20 heavy (non-hydrogen) atoms. The van der Waals surface area contributed by atoms with Crippen molar-refractivity contribution in [3.8, 4) is 0 Å². The summed E-state index contributed by atoms with van der Waals surface area (Å²) < 4.78 is 26.2. The third-order valence-electron chi connectivity index (χ3n) is 4.23. The number of carbonyl (C=O) groups is 2. The van der Waals surface area contributed by atoms with Crippen molar-refractivity contribution < 1.29 is 18.0 Å². The number of amides is 2. The van der Waals surface area contributed by atoms with Crippen LogP contribution in [0.1, 0.15) is 46.0 Å². The Kier molecular flexibility index (Phi) is 4.20. The van der Waals surface area contributed by atoms with Gasteiger partial charge in [0.15, 0.2) is 0 Å². The number of carbonyl (C=O) groups excluding carboxylic acids is 2. The molecule has 0 aromatic rings. The largest absolute Gasteiger partial charge is 0.294 e. The quantitative estimate of drug-likeness (QED) is 0.775. The fourth-order valence-corrected chi connectivity index (χ4v) is 5.15. The third-order valence-corrected chi connectivity index (χ3v) is 6.38. The van der Waals surface area contributed by atoms with Crippen molar-refractivity contribution in [2.45, 2.75) is 51.5 Å². The van der Waals surface area contributed by atoms with Crippen molar-refractivity contribution in [1.29, 1.82) is 0 Å². The minimum Gasteiger partial charge on any atom is -0.294 e. The number of hydrogen-bond acceptors (Lipinski definition) is 4. The smallest absolute Gasteiger partial charge is 0.247 e. The molecule has 114 valence electrons. The second kappa shape index (κ2) is 5.44. The molecule has 2 fully saturated rings. The van der Waals surface area contributed by atoms with E-state index in [1.807, 2.05) is 0 Å². The highest BCUT2D eigenvalue weighted by Gasteiger charge is 2.47. The summed E-state index contributed by atoms with van der Waals surface area (Å²) in [4.78, 5) is 23.3. The molecule has 0 unspecified atom stereocenters. The van der Waals surface area contributed by atoms with Crippen molar-refractivity contribution in [3.63, 3.8) is 0 Å². The average molecular weight is 302 g/mol. The van der Waals surface area contributed by atoms with Gasteiger partial charge in [-0.3, -0.25) is 14.9 Å². The summed E-state index contributed by atoms with van der Waals surface area (Å²) in [6.07, 6.45) is 5.10. The van der Waals surface area contributed by atoms with Gasteiger partial charge in [-0.1, -0.05) is 19.3 Å². The maximum Gasteiger partial charge on any atom is 0.247 e. The van der Waals surface area contributed by atoms with Crippen LogP contribution in [0.15, 0.2) is 0 Å². The Morgan fingerprint density at radius 2 is 1.80 bits per heavy atom. The van der Waals surface area contributed by atoms with E-state index in [9.17, 15) is 18.0 Å². The Labute approximate surface area is 120 Å². The number of nitrogens with zero attached hydrogens (tertiary/aromatic N) is 1. The van der Waals surface area contributed by atoms with Crippen molar-refractivity contribution in [2.24, 2.45) is 5.92 Å². The molecular weight excluding hydrogens is 280 g/mol. The van der Waals surface area contributed by atoms with E-state index < -0.39 is 27.4 Å². The van der Waals surface area contributed by atoms with E-state index in [0.29, 0.717) is 0 Å². The number of imide groups is 1. The summed E-state index contributed by atoms with van der Waals surface area (Å²) in [7, 11) is -3.60. The van der Waals surface area contributed by atoms with E-state index in [-0.39, 0.29) is 18.2 Å². The fourth-order valence-electron chi connectivity index (χ4n) is 2.95. The predicted octanol–water partition coefficient (Wildman–Crippen LogP) is 0.633. The average Bonchev–Trinajstić information content (AvgIpc) is 2.34. The molecule has 2 amide bonds. The van der Waals surface area contributed by atoms with Gasteiger partial charge in [0.25, 0.3) is 0 Å². The molecule has 2 rings (SSSR count). The molecule has 0 spiro atoms. The molecule has 6 nitrogen and oxygen atoms in total. The first kappa shape index (κ1) is 15.4.